The molecule has 3 aromatic rings. The van der Waals surface area contributed by atoms with Gasteiger partial charge in [-0.05, 0) is 36.8 Å². The van der Waals surface area contributed by atoms with Crippen molar-refractivity contribution < 1.29 is 4.85 Å². The second-order valence-electron chi connectivity index (χ2n) is 8.04. The van der Waals surface area contributed by atoms with Crippen LogP contribution in [0.5, 0.6) is 0 Å². The number of hydrazine groups is 1. The molecule has 0 aliphatic carbocycles. The first-order chi connectivity index (χ1) is 15.9. The van der Waals surface area contributed by atoms with Crippen LogP contribution in [0.25, 0.3) is 11.3 Å². The molecule has 4 heterocycles. The van der Waals surface area contributed by atoms with Crippen molar-refractivity contribution in [3.05, 3.63) is 76.0 Å². The molecule has 0 fully saturated rings. The number of nitrogens with zero attached hydrogens (tertiary/aromatic N) is 9. The van der Waals surface area contributed by atoms with E-state index in [-0.39, 0.29) is 12.6 Å². The number of hydrogen-bond acceptors (Lipinski definition) is 9. The van der Waals surface area contributed by atoms with E-state index in [0.29, 0.717) is 30.3 Å². The highest BCUT2D eigenvalue weighted by molar-refractivity contribution is 6.33. The summed E-state index contributed by atoms with van der Waals surface area (Å²) in [4.78, 5) is 13.3. The second kappa shape index (κ2) is 8.01. The zero-order chi connectivity index (χ0) is 23.1. The topological polar surface area (TPSA) is 127 Å². The summed E-state index contributed by atoms with van der Waals surface area (Å²) in [6.07, 6.45) is 0.475. The smallest absolute Gasteiger partial charge is 0.318 e. The number of nitrogens with two attached hydrogens (primary N) is 1. The van der Waals surface area contributed by atoms with Gasteiger partial charge in [-0.15, -0.1) is 10.2 Å². The Kier molecular flexibility index (Phi) is 5.00. The normalized spacial score (nSPS) is 15.9. The van der Waals surface area contributed by atoms with Gasteiger partial charge in [0, 0.05) is 23.4 Å². The number of hydrogen-bond donors (Lipinski definition) is 1. The van der Waals surface area contributed by atoms with Crippen LogP contribution in [0.3, 0.4) is 0 Å². The van der Waals surface area contributed by atoms with Crippen molar-refractivity contribution in [3.63, 3.8) is 0 Å². The fraction of sp³-hybridized carbons (Fsp3) is 0.273. The Bertz CT molecular complexity index is 1290. The summed E-state index contributed by atoms with van der Waals surface area (Å²) in [6, 6.07) is 13.7. The summed E-state index contributed by atoms with van der Waals surface area (Å²) in [5, 5.41) is 27.3. The van der Waals surface area contributed by atoms with Crippen molar-refractivity contribution in [2.45, 2.75) is 20.3 Å². The van der Waals surface area contributed by atoms with Crippen LogP contribution >= 0.6 is 0 Å². The molecular weight excluding hydrogens is 420 g/mol. The monoisotopic (exact) mass is 444 g/mol. The molecular formula is C22H24N10O. The summed E-state index contributed by atoms with van der Waals surface area (Å²) in [5.74, 6) is 1.29. The van der Waals surface area contributed by atoms with E-state index in [1.165, 1.54) is 4.80 Å². The number of pyridine rings is 1. The van der Waals surface area contributed by atoms with E-state index < -0.39 is 0 Å². The molecule has 11 heteroatoms. The lowest BCUT2D eigenvalue weighted by atomic mass is 9.96. The molecule has 0 saturated carbocycles. The summed E-state index contributed by atoms with van der Waals surface area (Å²) < 4.78 is 0. The lowest BCUT2D eigenvalue weighted by Crippen LogP contribution is -2.44. The van der Waals surface area contributed by atoms with Gasteiger partial charge in [-0.1, -0.05) is 30.3 Å². The van der Waals surface area contributed by atoms with Gasteiger partial charge >= 0.3 is 5.84 Å². The van der Waals surface area contributed by atoms with E-state index in [2.05, 4.69) is 20.4 Å². The Morgan fingerprint density at radius 1 is 1.09 bits per heavy atom. The molecule has 2 aliphatic heterocycles. The van der Waals surface area contributed by atoms with Crippen LogP contribution < -0.4 is 5.73 Å². The lowest BCUT2D eigenvalue weighted by molar-refractivity contribution is -0.626. The highest BCUT2D eigenvalue weighted by Crippen LogP contribution is 2.35. The number of aryl methyl sites for hydroxylation is 3. The third-order valence-corrected chi connectivity index (χ3v) is 5.52. The average molecular weight is 445 g/mol. The Balaban J connectivity index is 1.63. The molecule has 0 radical (unpaired) electrons. The highest BCUT2D eigenvalue weighted by Gasteiger charge is 2.44. The first-order valence-corrected chi connectivity index (χ1v) is 10.6. The molecule has 168 valence electrons. The minimum absolute atomic E-state index is 0.274. The first kappa shape index (κ1) is 20.6. The van der Waals surface area contributed by atoms with E-state index in [0.717, 1.165) is 32.9 Å². The van der Waals surface area contributed by atoms with Gasteiger partial charge in [-0.3, -0.25) is 4.98 Å². The van der Waals surface area contributed by atoms with Gasteiger partial charge < -0.3 is 10.9 Å². The molecule has 11 nitrogen and oxygen atoms in total. The van der Waals surface area contributed by atoms with Crippen molar-refractivity contribution in [1.82, 2.24) is 35.1 Å². The van der Waals surface area contributed by atoms with Crippen molar-refractivity contribution >= 4 is 23.1 Å². The molecule has 5 rings (SSSR count). The van der Waals surface area contributed by atoms with E-state index in [9.17, 15) is 5.21 Å². The number of benzene rings is 1. The number of guanidine groups is 1. The predicted octanol–water partition coefficient (Wildman–Crippen LogP) is 1.06. The van der Waals surface area contributed by atoms with Gasteiger partial charge in [0.2, 0.25) is 0 Å². The summed E-state index contributed by atoms with van der Waals surface area (Å²) in [6.45, 7) is 4.56. The van der Waals surface area contributed by atoms with Crippen LogP contribution in [0.15, 0.2) is 47.5 Å². The number of tetrazole rings is 1. The minimum Gasteiger partial charge on any atom is -0.692 e. The van der Waals surface area contributed by atoms with Gasteiger partial charge in [0.05, 0.1) is 19.3 Å². The maximum atomic E-state index is 13.6. The zero-order valence-electron chi connectivity index (χ0n) is 18.7. The van der Waals surface area contributed by atoms with E-state index in [1.807, 2.05) is 56.3 Å². The fourth-order valence-electron chi connectivity index (χ4n) is 4.14. The summed E-state index contributed by atoms with van der Waals surface area (Å²) >= 11 is 0. The average Bonchev–Trinajstić information content (AvgIpc) is 3.35. The number of aromatic nitrogens is 5. The number of fused-ring (bicyclic) bond motifs is 1. The molecule has 0 spiro atoms. The Morgan fingerprint density at radius 3 is 2.48 bits per heavy atom. The largest absolute Gasteiger partial charge is 0.692 e. The number of hydrazone groups is 1. The van der Waals surface area contributed by atoms with E-state index >= 15 is 0 Å². The molecule has 2 N–H and O–H groups in total. The van der Waals surface area contributed by atoms with Crippen LogP contribution in [-0.4, -0.2) is 65.0 Å². The van der Waals surface area contributed by atoms with Crippen molar-refractivity contribution in [2.75, 3.05) is 13.2 Å². The Morgan fingerprint density at radius 2 is 1.82 bits per heavy atom. The quantitative estimate of drug-likeness (QED) is 0.457. The predicted molar refractivity (Wildman–Crippen MR) is 123 cm³/mol. The van der Waals surface area contributed by atoms with E-state index in [1.54, 1.807) is 17.0 Å². The van der Waals surface area contributed by atoms with Crippen LogP contribution in [-0.2, 0) is 13.5 Å². The maximum Gasteiger partial charge on any atom is 0.318 e. The number of amidine groups is 1. The van der Waals surface area contributed by atoms with Crippen LogP contribution in [0.4, 0.5) is 0 Å². The van der Waals surface area contributed by atoms with Crippen LogP contribution in [0, 0.1) is 19.1 Å². The third-order valence-electron chi connectivity index (χ3n) is 5.52. The van der Waals surface area contributed by atoms with Gasteiger partial charge in [-0.25, -0.2) is 5.01 Å². The molecule has 0 saturated heterocycles. The van der Waals surface area contributed by atoms with Crippen molar-refractivity contribution in [1.29, 1.82) is 0 Å². The zero-order valence-corrected chi connectivity index (χ0v) is 18.7. The molecule has 0 atom stereocenters. The van der Waals surface area contributed by atoms with Gasteiger partial charge in [0.1, 0.15) is 5.57 Å². The van der Waals surface area contributed by atoms with Gasteiger partial charge in [0.25, 0.3) is 5.96 Å². The van der Waals surface area contributed by atoms with Crippen LogP contribution in [0.2, 0.25) is 0 Å². The molecule has 0 bridgehead atoms. The Hall–Kier alpha value is -4.28. The second-order valence-corrected chi connectivity index (χ2v) is 8.04. The fourth-order valence-corrected chi connectivity index (χ4v) is 4.14. The van der Waals surface area contributed by atoms with Crippen molar-refractivity contribution in [3.8, 4) is 0 Å². The number of aliphatic imine (C=N–C) groups is 1. The molecule has 2 aliphatic rings. The molecule has 33 heavy (non-hydrogen) atoms. The molecule has 1 aromatic carbocycles. The molecule has 0 unspecified atom stereocenters. The van der Waals surface area contributed by atoms with E-state index in [4.69, 9.17) is 10.7 Å². The summed E-state index contributed by atoms with van der Waals surface area (Å²) in [5.41, 5.74) is 11.2. The van der Waals surface area contributed by atoms with Crippen molar-refractivity contribution in [2.24, 2.45) is 17.8 Å². The Labute approximate surface area is 190 Å². The maximum absolute atomic E-state index is 13.6. The summed E-state index contributed by atoms with van der Waals surface area (Å²) in [7, 11) is 1.71. The highest BCUT2D eigenvalue weighted by atomic mass is 16.5. The molecule has 2 aromatic heterocycles. The minimum atomic E-state index is 0.274. The SMILES string of the molecule is Cc1cc(C2=C(c3ccccc3)N=C(N)N3CN(CCc4nnn(C)n4)[N+]([O-])=C23)cc(C)n1. The standard InChI is InChI=1S/C22H24N10O/c1-14-11-17(12-15(2)24-14)19-20(16-7-5-4-6-8-16)25-22(23)31-13-30(32(33)21(19)31)10-9-18-26-28-29(3)27-18/h4-8,11-12H,9-10,13H2,1-3H3,(H2,23,25). The third kappa shape index (κ3) is 3.77. The lowest BCUT2D eigenvalue weighted by Gasteiger charge is -2.21. The molecule has 0 amide bonds. The number of rotatable bonds is 5. The van der Waals surface area contributed by atoms with Gasteiger partial charge in [0.15, 0.2) is 12.5 Å². The van der Waals surface area contributed by atoms with Crippen LogP contribution in [0.1, 0.15) is 28.3 Å². The van der Waals surface area contributed by atoms with Gasteiger partial charge in [-0.2, -0.15) is 19.5 Å². The first-order valence-electron chi connectivity index (χ1n) is 10.6.